The summed E-state index contributed by atoms with van der Waals surface area (Å²) in [6, 6.07) is 4.43. The van der Waals surface area contributed by atoms with Crippen molar-refractivity contribution in [2.45, 2.75) is 24.8 Å². The van der Waals surface area contributed by atoms with E-state index >= 15 is 0 Å². The molecule has 0 radical (unpaired) electrons. The molecule has 1 heterocycles. The zero-order valence-electron chi connectivity index (χ0n) is 12.9. The molecule has 0 bridgehead atoms. The van der Waals surface area contributed by atoms with Crippen LogP contribution in [0.1, 0.15) is 13.8 Å². The Labute approximate surface area is 146 Å². The summed E-state index contributed by atoms with van der Waals surface area (Å²) in [5, 5.41) is 2.98. The molecule has 1 fully saturated rings. The third-order valence-corrected chi connectivity index (χ3v) is 6.31. The van der Waals surface area contributed by atoms with Crippen LogP contribution in [0.25, 0.3) is 0 Å². The lowest BCUT2D eigenvalue weighted by molar-refractivity contribution is 0.170. The quantitative estimate of drug-likeness (QED) is 0.876. The Morgan fingerprint density at radius 3 is 2.13 bits per heavy atom. The molecule has 1 aromatic carbocycles. The molecule has 0 aromatic heterocycles. The number of rotatable bonds is 3. The zero-order chi connectivity index (χ0) is 17.2. The summed E-state index contributed by atoms with van der Waals surface area (Å²) in [5.41, 5.74) is 0. The molecule has 9 heteroatoms. The van der Waals surface area contributed by atoms with Gasteiger partial charge in [0.15, 0.2) is 0 Å². The SMILES string of the molecule is CC(C)NC(=O)N1CCN(S(=O)(=O)c2c(Cl)cccc2Cl)CC1. The molecule has 128 valence electrons. The van der Waals surface area contributed by atoms with Gasteiger partial charge in [-0.15, -0.1) is 0 Å². The highest BCUT2D eigenvalue weighted by Crippen LogP contribution is 2.31. The predicted molar refractivity (Wildman–Crippen MR) is 90.5 cm³/mol. The summed E-state index contributed by atoms with van der Waals surface area (Å²) in [4.78, 5) is 13.5. The number of piperazine rings is 1. The standard InChI is InChI=1S/C14H19Cl2N3O3S/c1-10(2)17-14(20)18-6-8-19(9-7-18)23(21,22)13-11(15)4-3-5-12(13)16/h3-5,10H,6-9H2,1-2H3,(H,17,20). The van der Waals surface area contributed by atoms with Gasteiger partial charge in [-0.1, -0.05) is 29.3 Å². The largest absolute Gasteiger partial charge is 0.336 e. The number of halogens is 2. The molecule has 2 rings (SSSR count). The highest BCUT2D eigenvalue weighted by molar-refractivity contribution is 7.89. The predicted octanol–water partition coefficient (Wildman–Crippen LogP) is 2.42. The molecule has 2 amide bonds. The Kier molecular flexibility index (Phi) is 5.78. The Morgan fingerprint density at radius 2 is 1.65 bits per heavy atom. The first-order valence-corrected chi connectivity index (χ1v) is 9.42. The molecule has 0 aliphatic carbocycles. The molecule has 1 aromatic rings. The fourth-order valence-electron chi connectivity index (χ4n) is 2.33. The summed E-state index contributed by atoms with van der Waals surface area (Å²) in [6.45, 7) is 4.79. The second kappa shape index (κ2) is 7.25. The second-order valence-electron chi connectivity index (χ2n) is 5.55. The van der Waals surface area contributed by atoms with Gasteiger partial charge in [0.25, 0.3) is 0 Å². The summed E-state index contributed by atoms with van der Waals surface area (Å²) < 4.78 is 26.7. The molecule has 0 spiro atoms. The molecule has 0 atom stereocenters. The third kappa shape index (κ3) is 4.09. The van der Waals surface area contributed by atoms with E-state index in [1.54, 1.807) is 11.0 Å². The van der Waals surface area contributed by atoms with E-state index in [0.29, 0.717) is 13.1 Å². The molecular formula is C14H19Cl2N3O3S. The number of nitrogens with one attached hydrogen (secondary N) is 1. The lowest BCUT2D eigenvalue weighted by atomic mass is 10.3. The first kappa shape index (κ1) is 18.3. The lowest BCUT2D eigenvalue weighted by Gasteiger charge is -2.34. The molecule has 6 nitrogen and oxygen atoms in total. The third-order valence-electron chi connectivity index (χ3n) is 3.45. The van der Waals surface area contributed by atoms with Crippen LogP contribution in [0.4, 0.5) is 4.79 Å². The Balaban J connectivity index is 2.12. The average Bonchev–Trinajstić information content (AvgIpc) is 2.46. The molecule has 0 saturated carbocycles. The highest BCUT2D eigenvalue weighted by atomic mass is 35.5. The summed E-state index contributed by atoms with van der Waals surface area (Å²) >= 11 is 12.0. The number of nitrogens with zero attached hydrogens (tertiary/aromatic N) is 2. The van der Waals surface area contributed by atoms with E-state index in [9.17, 15) is 13.2 Å². The van der Waals surface area contributed by atoms with Gasteiger partial charge in [-0.2, -0.15) is 4.31 Å². The topological polar surface area (TPSA) is 69.7 Å². The molecule has 1 aliphatic heterocycles. The van der Waals surface area contributed by atoms with E-state index < -0.39 is 10.0 Å². The minimum absolute atomic E-state index is 0.0335. The van der Waals surface area contributed by atoms with Crippen molar-refractivity contribution < 1.29 is 13.2 Å². The van der Waals surface area contributed by atoms with Crippen molar-refractivity contribution in [2.75, 3.05) is 26.2 Å². The van der Waals surface area contributed by atoms with Crippen LogP contribution in [0.15, 0.2) is 23.1 Å². The number of hydrogen-bond donors (Lipinski definition) is 1. The van der Waals surface area contributed by atoms with Crippen LogP contribution >= 0.6 is 23.2 Å². The molecule has 0 unspecified atom stereocenters. The number of carbonyl (C=O) groups is 1. The van der Waals surface area contributed by atoms with Gasteiger partial charge in [0, 0.05) is 32.2 Å². The number of urea groups is 1. The van der Waals surface area contributed by atoms with Crippen molar-refractivity contribution >= 4 is 39.3 Å². The number of benzene rings is 1. The number of carbonyl (C=O) groups excluding carboxylic acids is 1. The molecular weight excluding hydrogens is 361 g/mol. The zero-order valence-corrected chi connectivity index (χ0v) is 15.2. The fraction of sp³-hybridized carbons (Fsp3) is 0.500. The Hall–Kier alpha value is -1.02. The van der Waals surface area contributed by atoms with Crippen molar-refractivity contribution in [3.05, 3.63) is 28.2 Å². The van der Waals surface area contributed by atoms with Gasteiger partial charge in [0.1, 0.15) is 4.90 Å². The lowest BCUT2D eigenvalue weighted by Crippen LogP contribution is -2.54. The smallest absolute Gasteiger partial charge is 0.317 e. The summed E-state index contributed by atoms with van der Waals surface area (Å²) in [5.74, 6) is 0. The number of hydrogen-bond acceptors (Lipinski definition) is 3. The van der Waals surface area contributed by atoms with Crippen molar-refractivity contribution in [1.29, 1.82) is 0 Å². The van der Waals surface area contributed by atoms with Crippen LogP contribution in [-0.4, -0.2) is 55.9 Å². The van der Waals surface area contributed by atoms with Gasteiger partial charge in [-0.25, -0.2) is 13.2 Å². The van der Waals surface area contributed by atoms with Crippen LogP contribution in [-0.2, 0) is 10.0 Å². The van der Waals surface area contributed by atoms with Gasteiger partial charge in [0.2, 0.25) is 10.0 Å². The molecule has 1 N–H and O–H groups in total. The van der Waals surface area contributed by atoms with Crippen molar-refractivity contribution in [1.82, 2.24) is 14.5 Å². The van der Waals surface area contributed by atoms with Gasteiger partial charge < -0.3 is 10.2 Å². The first-order chi connectivity index (χ1) is 10.7. The maximum Gasteiger partial charge on any atom is 0.317 e. The summed E-state index contributed by atoms with van der Waals surface area (Å²) in [6.07, 6.45) is 0. The average molecular weight is 380 g/mol. The van der Waals surface area contributed by atoms with E-state index in [2.05, 4.69) is 5.32 Å². The van der Waals surface area contributed by atoms with E-state index in [4.69, 9.17) is 23.2 Å². The van der Waals surface area contributed by atoms with E-state index in [0.717, 1.165) is 0 Å². The van der Waals surface area contributed by atoms with Crippen molar-refractivity contribution in [2.24, 2.45) is 0 Å². The van der Waals surface area contributed by atoms with Gasteiger partial charge >= 0.3 is 6.03 Å². The van der Waals surface area contributed by atoms with Crippen molar-refractivity contribution in [3.8, 4) is 0 Å². The van der Waals surface area contributed by atoms with Crippen LogP contribution in [0, 0.1) is 0 Å². The monoisotopic (exact) mass is 379 g/mol. The maximum absolute atomic E-state index is 12.7. The molecule has 1 aliphatic rings. The fourth-order valence-corrected chi connectivity index (χ4v) is 4.84. The van der Waals surface area contributed by atoms with Crippen LogP contribution in [0.2, 0.25) is 10.0 Å². The maximum atomic E-state index is 12.7. The van der Waals surface area contributed by atoms with Crippen LogP contribution in [0.3, 0.4) is 0 Å². The first-order valence-electron chi connectivity index (χ1n) is 7.23. The van der Waals surface area contributed by atoms with Crippen molar-refractivity contribution in [3.63, 3.8) is 0 Å². The summed E-state index contributed by atoms with van der Waals surface area (Å²) in [7, 11) is -3.78. The molecule has 23 heavy (non-hydrogen) atoms. The Morgan fingerprint density at radius 1 is 1.13 bits per heavy atom. The van der Waals surface area contributed by atoms with E-state index in [1.165, 1.54) is 16.4 Å². The minimum atomic E-state index is -3.78. The van der Waals surface area contributed by atoms with Gasteiger partial charge in [-0.3, -0.25) is 0 Å². The van der Waals surface area contributed by atoms with Gasteiger partial charge in [0.05, 0.1) is 10.0 Å². The molecule has 1 saturated heterocycles. The van der Waals surface area contributed by atoms with Crippen LogP contribution in [0.5, 0.6) is 0 Å². The Bertz CT molecular complexity index is 666. The normalized spacial score (nSPS) is 16.7. The van der Waals surface area contributed by atoms with E-state index in [-0.39, 0.29) is 40.1 Å². The minimum Gasteiger partial charge on any atom is -0.336 e. The van der Waals surface area contributed by atoms with Gasteiger partial charge in [-0.05, 0) is 26.0 Å². The van der Waals surface area contributed by atoms with Crippen LogP contribution < -0.4 is 5.32 Å². The highest BCUT2D eigenvalue weighted by Gasteiger charge is 2.32. The second-order valence-corrected chi connectivity index (χ2v) is 8.24. The number of sulfonamides is 1. The number of amides is 2. The van der Waals surface area contributed by atoms with E-state index in [1.807, 2.05) is 13.8 Å².